The number of nitrogens with zero attached hydrogens (tertiary/aromatic N) is 4. The molecule has 146 valence electrons. The van der Waals surface area contributed by atoms with Crippen LogP contribution in [0.4, 0.5) is 0 Å². The fourth-order valence-corrected chi connectivity index (χ4v) is 3.93. The van der Waals surface area contributed by atoms with E-state index < -0.39 is 0 Å². The normalized spacial score (nSPS) is 13.8. The van der Waals surface area contributed by atoms with Gasteiger partial charge in [0.1, 0.15) is 0 Å². The van der Waals surface area contributed by atoms with Gasteiger partial charge in [0, 0.05) is 27.1 Å². The van der Waals surface area contributed by atoms with Crippen LogP contribution in [0.1, 0.15) is 30.1 Å². The Morgan fingerprint density at radius 2 is 1.72 bits per heavy atom. The van der Waals surface area contributed by atoms with Crippen molar-refractivity contribution in [2.24, 2.45) is 0 Å². The average molecular weight is 446 g/mol. The van der Waals surface area contributed by atoms with Crippen molar-refractivity contribution in [2.75, 3.05) is 0 Å². The van der Waals surface area contributed by atoms with Crippen molar-refractivity contribution in [1.29, 1.82) is 0 Å². The van der Waals surface area contributed by atoms with E-state index in [1.165, 1.54) is 0 Å². The van der Waals surface area contributed by atoms with E-state index in [0.29, 0.717) is 38.3 Å². The third-order valence-electron chi connectivity index (χ3n) is 4.96. The van der Waals surface area contributed by atoms with E-state index >= 15 is 0 Å². The summed E-state index contributed by atoms with van der Waals surface area (Å²) in [6.45, 7) is 1.98. The molecule has 0 amide bonds. The second-order valence-corrected chi connectivity index (χ2v) is 8.35. The summed E-state index contributed by atoms with van der Waals surface area (Å²) in [5.74, 6) is 1.55. The minimum absolute atomic E-state index is 0.399. The van der Waals surface area contributed by atoms with Gasteiger partial charge in [0.05, 0.1) is 16.4 Å². The molecule has 2 aromatic carbocycles. The van der Waals surface area contributed by atoms with Crippen LogP contribution in [0.3, 0.4) is 0 Å². The van der Waals surface area contributed by atoms with Gasteiger partial charge in [-0.3, -0.25) is 0 Å². The van der Waals surface area contributed by atoms with Crippen molar-refractivity contribution in [3.63, 3.8) is 0 Å². The zero-order valence-corrected chi connectivity index (χ0v) is 17.6. The monoisotopic (exact) mass is 444 g/mol. The Morgan fingerprint density at radius 3 is 2.41 bits per heavy atom. The highest BCUT2D eigenvalue weighted by molar-refractivity contribution is 6.35. The first kappa shape index (κ1) is 18.7. The van der Waals surface area contributed by atoms with Crippen LogP contribution in [0, 0.1) is 6.92 Å². The lowest BCUT2D eigenvalue weighted by atomic mass is 10.1. The number of hydrogen-bond acceptors (Lipinski definition) is 4. The standard InChI is InChI=1S/C21H15Cl3N4O/c1-11-18(21-25-20(27-29-21)13-2-3-13)26-28(17-9-8-15(23)10-16(17)24)19(11)12-4-6-14(22)7-5-12/h4-10,13H,2-3H2,1H3. The molecule has 8 heteroatoms. The second kappa shape index (κ2) is 7.17. The quantitative estimate of drug-likeness (QED) is 0.349. The van der Waals surface area contributed by atoms with Gasteiger partial charge in [-0.2, -0.15) is 10.1 Å². The highest BCUT2D eigenvalue weighted by Gasteiger charge is 2.30. The first-order chi connectivity index (χ1) is 14.0. The van der Waals surface area contributed by atoms with Crippen molar-refractivity contribution < 1.29 is 4.52 Å². The molecule has 5 rings (SSSR count). The molecule has 2 aromatic heterocycles. The van der Waals surface area contributed by atoms with E-state index in [0.717, 1.165) is 35.5 Å². The second-order valence-electron chi connectivity index (χ2n) is 7.07. The highest BCUT2D eigenvalue weighted by atomic mass is 35.5. The number of rotatable bonds is 4. The molecular weight excluding hydrogens is 431 g/mol. The van der Waals surface area contributed by atoms with Crippen LogP contribution in [0.25, 0.3) is 28.5 Å². The molecule has 1 saturated carbocycles. The summed E-state index contributed by atoms with van der Waals surface area (Å²) >= 11 is 18.7. The number of aromatic nitrogens is 4. The molecule has 0 unspecified atom stereocenters. The lowest BCUT2D eigenvalue weighted by Gasteiger charge is -2.11. The fraction of sp³-hybridized carbons (Fsp3) is 0.190. The minimum atomic E-state index is 0.399. The van der Waals surface area contributed by atoms with E-state index in [-0.39, 0.29) is 0 Å². The van der Waals surface area contributed by atoms with Crippen molar-refractivity contribution in [2.45, 2.75) is 25.7 Å². The van der Waals surface area contributed by atoms with E-state index in [4.69, 9.17) is 44.4 Å². The average Bonchev–Trinajstić information content (AvgIpc) is 3.34. The van der Waals surface area contributed by atoms with E-state index in [1.807, 2.05) is 37.3 Å². The van der Waals surface area contributed by atoms with Crippen LogP contribution in [-0.4, -0.2) is 19.9 Å². The van der Waals surface area contributed by atoms with Gasteiger partial charge in [0.15, 0.2) is 11.5 Å². The maximum atomic E-state index is 6.49. The Bertz CT molecular complexity index is 1210. The van der Waals surface area contributed by atoms with Crippen LogP contribution in [-0.2, 0) is 0 Å². The molecule has 5 nitrogen and oxygen atoms in total. The van der Waals surface area contributed by atoms with Crippen molar-refractivity contribution >= 4 is 34.8 Å². The van der Waals surface area contributed by atoms with Gasteiger partial charge in [-0.05, 0) is 50.1 Å². The topological polar surface area (TPSA) is 56.7 Å². The Balaban J connectivity index is 1.72. The molecule has 0 atom stereocenters. The van der Waals surface area contributed by atoms with Gasteiger partial charge in [-0.15, -0.1) is 0 Å². The zero-order chi connectivity index (χ0) is 20.1. The molecule has 4 aromatic rings. The summed E-state index contributed by atoms with van der Waals surface area (Å²) < 4.78 is 7.31. The van der Waals surface area contributed by atoms with Gasteiger partial charge >= 0.3 is 0 Å². The predicted octanol–water partition coefficient (Wildman–Crippen LogP) is 6.74. The summed E-state index contributed by atoms with van der Waals surface area (Å²) in [5, 5.41) is 10.6. The SMILES string of the molecule is Cc1c(-c2nc(C3CC3)no2)nn(-c2ccc(Cl)cc2Cl)c1-c1ccc(Cl)cc1. The highest BCUT2D eigenvalue weighted by Crippen LogP contribution is 2.40. The van der Waals surface area contributed by atoms with Crippen molar-refractivity contribution in [3.05, 3.63) is 68.9 Å². The number of halogens is 3. The van der Waals surface area contributed by atoms with Crippen LogP contribution >= 0.6 is 34.8 Å². The van der Waals surface area contributed by atoms with Crippen LogP contribution in [0.2, 0.25) is 15.1 Å². The van der Waals surface area contributed by atoms with Crippen LogP contribution in [0.15, 0.2) is 47.0 Å². The Hall–Kier alpha value is -2.34. The molecule has 1 aliphatic carbocycles. The van der Waals surface area contributed by atoms with E-state index in [2.05, 4.69) is 10.1 Å². The molecule has 0 saturated heterocycles. The first-order valence-corrected chi connectivity index (χ1v) is 10.3. The van der Waals surface area contributed by atoms with E-state index in [9.17, 15) is 0 Å². The molecule has 2 heterocycles. The molecule has 0 aliphatic heterocycles. The van der Waals surface area contributed by atoms with Gasteiger partial charge in [0.2, 0.25) is 0 Å². The van der Waals surface area contributed by atoms with Gasteiger partial charge in [0.25, 0.3) is 5.89 Å². The lowest BCUT2D eigenvalue weighted by molar-refractivity contribution is 0.421. The molecule has 0 bridgehead atoms. The summed E-state index contributed by atoms with van der Waals surface area (Å²) in [6, 6.07) is 12.9. The smallest absolute Gasteiger partial charge is 0.278 e. The van der Waals surface area contributed by atoms with Gasteiger partial charge in [-0.1, -0.05) is 52.1 Å². The predicted molar refractivity (Wildman–Crippen MR) is 114 cm³/mol. The maximum Gasteiger partial charge on any atom is 0.278 e. The van der Waals surface area contributed by atoms with Crippen LogP contribution < -0.4 is 0 Å². The molecule has 0 radical (unpaired) electrons. The lowest BCUT2D eigenvalue weighted by Crippen LogP contribution is -2.00. The van der Waals surface area contributed by atoms with Crippen molar-refractivity contribution in [3.8, 4) is 28.5 Å². The molecule has 1 fully saturated rings. The first-order valence-electron chi connectivity index (χ1n) is 9.16. The summed E-state index contributed by atoms with van der Waals surface area (Å²) in [4.78, 5) is 4.57. The molecular formula is C21H15Cl3N4O. The molecule has 0 spiro atoms. The third kappa shape index (κ3) is 3.44. The van der Waals surface area contributed by atoms with Gasteiger partial charge in [-0.25, -0.2) is 4.68 Å². The number of benzene rings is 2. The van der Waals surface area contributed by atoms with Crippen LogP contribution in [0.5, 0.6) is 0 Å². The largest absolute Gasteiger partial charge is 0.332 e. The Kier molecular flexibility index (Phi) is 4.62. The summed E-state index contributed by atoms with van der Waals surface area (Å²) in [7, 11) is 0. The molecule has 29 heavy (non-hydrogen) atoms. The molecule has 0 N–H and O–H groups in total. The number of hydrogen-bond donors (Lipinski definition) is 0. The Labute approximate surface area is 182 Å². The van der Waals surface area contributed by atoms with Crippen molar-refractivity contribution in [1.82, 2.24) is 19.9 Å². The minimum Gasteiger partial charge on any atom is -0.332 e. The Morgan fingerprint density at radius 1 is 1.00 bits per heavy atom. The summed E-state index contributed by atoms with van der Waals surface area (Å²) in [5.41, 5.74) is 4.05. The zero-order valence-electron chi connectivity index (χ0n) is 15.4. The van der Waals surface area contributed by atoms with E-state index in [1.54, 1.807) is 16.8 Å². The third-order valence-corrected chi connectivity index (χ3v) is 5.75. The summed E-state index contributed by atoms with van der Waals surface area (Å²) in [6.07, 6.45) is 2.20. The molecule has 1 aliphatic rings. The maximum absolute atomic E-state index is 6.49. The van der Waals surface area contributed by atoms with Gasteiger partial charge < -0.3 is 4.52 Å². The fourth-order valence-electron chi connectivity index (χ4n) is 3.31.